The first kappa shape index (κ1) is 12.3. The van der Waals surface area contributed by atoms with Gasteiger partial charge in [-0.15, -0.1) is 0 Å². The number of nitrogens with zero attached hydrogens (tertiary/aromatic N) is 3. The summed E-state index contributed by atoms with van der Waals surface area (Å²) in [6, 6.07) is -0.0329. The highest BCUT2D eigenvalue weighted by Gasteiger charge is 2.39. The van der Waals surface area contributed by atoms with E-state index in [2.05, 4.69) is 9.98 Å². The first-order chi connectivity index (χ1) is 8.47. The maximum atomic E-state index is 11.5. The molecule has 0 aliphatic carbocycles. The molecule has 0 aromatic carbocycles. The fourth-order valence-corrected chi connectivity index (χ4v) is 2.56. The number of hydrogen-bond donors (Lipinski definition) is 3. The van der Waals surface area contributed by atoms with Crippen LogP contribution in [0, 0.1) is 0 Å². The van der Waals surface area contributed by atoms with E-state index in [1.54, 1.807) is 0 Å². The molecule has 0 spiro atoms. The van der Waals surface area contributed by atoms with Crippen LogP contribution >= 0.6 is 0 Å². The van der Waals surface area contributed by atoms with E-state index in [0.717, 1.165) is 12.8 Å². The number of carbonyl (C=O) groups is 2. The molecule has 2 rings (SSSR count). The first-order valence-corrected chi connectivity index (χ1v) is 5.75. The van der Waals surface area contributed by atoms with Crippen LogP contribution in [0.15, 0.2) is 9.98 Å². The SMILES string of the molecule is NC(N)=NC(=O)C[C@H]1CC[C@H]2CC(=O)N=C(N)N12. The Hall–Kier alpha value is -2.12. The molecule has 6 N–H and O–H groups in total. The highest BCUT2D eigenvalue weighted by Crippen LogP contribution is 2.30. The quantitative estimate of drug-likeness (QED) is 0.393. The predicted molar refractivity (Wildman–Crippen MR) is 65.3 cm³/mol. The van der Waals surface area contributed by atoms with Gasteiger partial charge >= 0.3 is 0 Å². The van der Waals surface area contributed by atoms with Crippen molar-refractivity contribution in [2.24, 2.45) is 27.2 Å². The topological polar surface area (TPSA) is 140 Å². The average molecular weight is 252 g/mol. The van der Waals surface area contributed by atoms with Crippen LogP contribution in [-0.4, -0.2) is 40.7 Å². The lowest BCUT2D eigenvalue weighted by atomic mass is 10.1. The van der Waals surface area contributed by atoms with Crippen molar-refractivity contribution in [1.29, 1.82) is 0 Å². The molecule has 0 saturated carbocycles. The summed E-state index contributed by atoms with van der Waals surface area (Å²) >= 11 is 0. The zero-order valence-electron chi connectivity index (χ0n) is 9.87. The summed E-state index contributed by atoms with van der Waals surface area (Å²) in [6.07, 6.45) is 2.13. The second-order valence-corrected chi connectivity index (χ2v) is 4.49. The first-order valence-electron chi connectivity index (χ1n) is 5.75. The molecule has 1 saturated heterocycles. The minimum Gasteiger partial charge on any atom is -0.370 e. The molecule has 0 aromatic heterocycles. The number of aliphatic imine (C=N–C) groups is 2. The maximum absolute atomic E-state index is 11.5. The molecule has 2 aliphatic heterocycles. The Labute approximate surface area is 104 Å². The monoisotopic (exact) mass is 252 g/mol. The predicted octanol–water partition coefficient (Wildman–Crippen LogP) is -1.75. The van der Waals surface area contributed by atoms with Crippen molar-refractivity contribution < 1.29 is 9.59 Å². The van der Waals surface area contributed by atoms with Gasteiger partial charge in [0.1, 0.15) is 0 Å². The number of rotatable bonds is 2. The van der Waals surface area contributed by atoms with Crippen LogP contribution in [0.4, 0.5) is 0 Å². The van der Waals surface area contributed by atoms with E-state index in [4.69, 9.17) is 17.2 Å². The molecule has 0 radical (unpaired) electrons. The number of carbonyl (C=O) groups excluding carboxylic acids is 2. The summed E-state index contributed by atoms with van der Waals surface area (Å²) in [5.74, 6) is -0.642. The Kier molecular flexibility index (Phi) is 3.17. The molecular weight excluding hydrogens is 236 g/mol. The number of amides is 2. The molecule has 2 amide bonds. The average Bonchev–Trinajstić information content (AvgIpc) is 2.59. The van der Waals surface area contributed by atoms with E-state index >= 15 is 0 Å². The molecule has 18 heavy (non-hydrogen) atoms. The Balaban J connectivity index is 2.08. The molecule has 8 heteroatoms. The molecule has 2 heterocycles. The lowest BCUT2D eigenvalue weighted by Gasteiger charge is -2.32. The van der Waals surface area contributed by atoms with Crippen molar-refractivity contribution in [3.8, 4) is 0 Å². The van der Waals surface area contributed by atoms with Crippen LogP contribution in [0.25, 0.3) is 0 Å². The van der Waals surface area contributed by atoms with E-state index in [9.17, 15) is 9.59 Å². The largest absolute Gasteiger partial charge is 0.370 e. The van der Waals surface area contributed by atoms with Crippen molar-refractivity contribution in [1.82, 2.24) is 4.90 Å². The van der Waals surface area contributed by atoms with Crippen molar-refractivity contribution in [3.05, 3.63) is 0 Å². The van der Waals surface area contributed by atoms with E-state index < -0.39 is 0 Å². The van der Waals surface area contributed by atoms with Crippen molar-refractivity contribution in [2.75, 3.05) is 0 Å². The van der Waals surface area contributed by atoms with Gasteiger partial charge in [0, 0.05) is 24.9 Å². The second-order valence-electron chi connectivity index (χ2n) is 4.49. The fraction of sp³-hybridized carbons (Fsp3) is 0.600. The lowest BCUT2D eigenvalue weighted by molar-refractivity contribution is -0.119. The highest BCUT2D eigenvalue weighted by molar-refractivity contribution is 5.96. The van der Waals surface area contributed by atoms with Crippen LogP contribution in [0.5, 0.6) is 0 Å². The summed E-state index contributed by atoms with van der Waals surface area (Å²) < 4.78 is 0. The summed E-state index contributed by atoms with van der Waals surface area (Å²) in [7, 11) is 0. The summed E-state index contributed by atoms with van der Waals surface area (Å²) in [5.41, 5.74) is 16.0. The third-order valence-electron chi connectivity index (χ3n) is 3.20. The third kappa shape index (κ3) is 2.41. The second kappa shape index (κ2) is 4.63. The normalized spacial score (nSPS) is 26.6. The molecule has 0 aromatic rings. The van der Waals surface area contributed by atoms with E-state index in [0.29, 0.717) is 6.42 Å². The molecule has 2 aliphatic rings. The summed E-state index contributed by atoms with van der Waals surface area (Å²) in [5, 5.41) is 0. The molecule has 0 unspecified atom stereocenters. The van der Waals surface area contributed by atoms with Gasteiger partial charge < -0.3 is 22.1 Å². The molecular formula is C10H16N6O2. The Morgan fingerprint density at radius 3 is 2.83 bits per heavy atom. The van der Waals surface area contributed by atoms with Gasteiger partial charge in [0.2, 0.25) is 0 Å². The van der Waals surface area contributed by atoms with E-state index in [1.165, 1.54) is 0 Å². The number of fused-ring (bicyclic) bond motifs is 1. The Bertz CT molecular complexity index is 440. The van der Waals surface area contributed by atoms with Crippen molar-refractivity contribution in [2.45, 2.75) is 37.8 Å². The molecule has 0 bridgehead atoms. The van der Waals surface area contributed by atoms with Gasteiger partial charge in [-0.25, -0.2) is 0 Å². The van der Waals surface area contributed by atoms with Gasteiger partial charge in [-0.1, -0.05) is 0 Å². The van der Waals surface area contributed by atoms with Gasteiger partial charge in [0.05, 0.1) is 0 Å². The molecule has 8 nitrogen and oxygen atoms in total. The van der Waals surface area contributed by atoms with Gasteiger partial charge in [-0.05, 0) is 12.8 Å². The summed E-state index contributed by atoms with van der Waals surface area (Å²) in [4.78, 5) is 31.8. The van der Waals surface area contributed by atoms with Crippen LogP contribution < -0.4 is 17.2 Å². The lowest BCUT2D eigenvalue weighted by Crippen LogP contribution is -2.49. The smallest absolute Gasteiger partial charge is 0.250 e. The van der Waals surface area contributed by atoms with Crippen LogP contribution in [-0.2, 0) is 9.59 Å². The van der Waals surface area contributed by atoms with Gasteiger partial charge in [0.15, 0.2) is 11.9 Å². The Morgan fingerprint density at radius 1 is 1.44 bits per heavy atom. The maximum Gasteiger partial charge on any atom is 0.250 e. The third-order valence-corrected chi connectivity index (χ3v) is 3.20. The molecule has 1 fully saturated rings. The van der Waals surface area contributed by atoms with Gasteiger partial charge in [-0.2, -0.15) is 9.98 Å². The minimum atomic E-state index is -0.384. The van der Waals surface area contributed by atoms with Gasteiger partial charge in [-0.3, -0.25) is 9.59 Å². The number of nitrogens with two attached hydrogens (primary N) is 3. The van der Waals surface area contributed by atoms with Crippen LogP contribution in [0.3, 0.4) is 0 Å². The van der Waals surface area contributed by atoms with Crippen molar-refractivity contribution in [3.63, 3.8) is 0 Å². The zero-order chi connectivity index (χ0) is 13.3. The highest BCUT2D eigenvalue weighted by atomic mass is 16.2. The summed E-state index contributed by atoms with van der Waals surface area (Å²) in [6.45, 7) is 0. The molecule has 2 atom stereocenters. The zero-order valence-corrected chi connectivity index (χ0v) is 9.87. The van der Waals surface area contributed by atoms with Crippen molar-refractivity contribution >= 4 is 23.7 Å². The minimum absolute atomic E-state index is 0.0482. The Morgan fingerprint density at radius 2 is 2.17 bits per heavy atom. The molecule has 98 valence electrons. The fourth-order valence-electron chi connectivity index (χ4n) is 2.56. The number of guanidine groups is 2. The van der Waals surface area contributed by atoms with E-state index in [1.807, 2.05) is 4.90 Å². The van der Waals surface area contributed by atoms with Gasteiger partial charge in [0.25, 0.3) is 11.8 Å². The van der Waals surface area contributed by atoms with Crippen LogP contribution in [0.1, 0.15) is 25.7 Å². The number of hydrogen-bond acceptors (Lipinski definition) is 4. The van der Waals surface area contributed by atoms with E-state index in [-0.39, 0.29) is 42.2 Å². The van der Waals surface area contributed by atoms with Crippen LogP contribution in [0.2, 0.25) is 0 Å². The standard InChI is InChI=1S/C10H16N6O2/c11-9(12)14-7(17)3-5-1-2-6-4-8(18)15-10(13)16(5)6/h5-6H,1-4H2,(H2,13,15,18)(H4,11,12,14,17)/t5-,6+/m1/s1.